The molecule has 1 aromatic carbocycles. The van der Waals surface area contributed by atoms with Gasteiger partial charge in [-0.05, 0) is 18.2 Å². The van der Waals surface area contributed by atoms with Gasteiger partial charge in [0.1, 0.15) is 11.6 Å². The molecule has 156 valence electrons. The first-order valence-electron chi connectivity index (χ1n) is 8.81. The predicted molar refractivity (Wildman–Crippen MR) is 104 cm³/mol. The van der Waals surface area contributed by atoms with Crippen LogP contribution in [0.15, 0.2) is 35.4 Å². The van der Waals surface area contributed by atoms with Gasteiger partial charge in [0.15, 0.2) is 11.4 Å². The Kier molecular flexibility index (Phi) is 4.86. The average Bonchev–Trinajstić information content (AvgIpc) is 2.70. The predicted octanol–water partition coefficient (Wildman–Crippen LogP) is 2.16. The lowest BCUT2D eigenvalue weighted by atomic mass is 9.99. The summed E-state index contributed by atoms with van der Waals surface area (Å²) in [5.74, 6) is -1.90. The van der Waals surface area contributed by atoms with Crippen LogP contribution < -0.4 is 14.8 Å². The van der Waals surface area contributed by atoms with Crippen molar-refractivity contribution in [2.45, 2.75) is 17.9 Å². The minimum absolute atomic E-state index is 0.141. The third-order valence-corrected chi connectivity index (χ3v) is 5.80. The molecule has 0 amide bonds. The summed E-state index contributed by atoms with van der Waals surface area (Å²) >= 11 is 0. The fourth-order valence-electron chi connectivity index (χ4n) is 3.43. The van der Waals surface area contributed by atoms with Gasteiger partial charge in [0, 0.05) is 42.7 Å². The van der Waals surface area contributed by atoms with E-state index in [9.17, 15) is 22.0 Å². The van der Waals surface area contributed by atoms with Crippen molar-refractivity contribution in [2.75, 3.05) is 18.6 Å². The second-order valence-electron chi connectivity index (χ2n) is 6.75. The van der Waals surface area contributed by atoms with Gasteiger partial charge in [0.25, 0.3) is 0 Å². The van der Waals surface area contributed by atoms with Crippen LogP contribution in [-0.4, -0.2) is 37.8 Å². The topological polar surface area (TPSA) is 115 Å². The van der Waals surface area contributed by atoms with Crippen LogP contribution in [0.1, 0.15) is 22.3 Å². The van der Waals surface area contributed by atoms with Crippen LogP contribution in [0.2, 0.25) is 0 Å². The highest BCUT2D eigenvalue weighted by Gasteiger charge is 2.28. The fourth-order valence-corrected chi connectivity index (χ4v) is 3.97. The van der Waals surface area contributed by atoms with Gasteiger partial charge < -0.3 is 9.64 Å². The number of fused-ring (bicyclic) bond motifs is 3. The summed E-state index contributed by atoms with van der Waals surface area (Å²) in [6.07, 6.45) is 1.53. The summed E-state index contributed by atoms with van der Waals surface area (Å²) < 4.78 is 57.0. The van der Waals surface area contributed by atoms with Crippen molar-refractivity contribution in [3.8, 4) is 5.88 Å². The summed E-state index contributed by atoms with van der Waals surface area (Å²) in [5, 5.41) is 5.49. The fraction of sp³-hybridized carbons (Fsp3) is 0.211. The number of Topliss-reactive ketones (excluding diaryl/α,β-unsaturated/α-hetero) is 1. The van der Waals surface area contributed by atoms with Gasteiger partial charge in [0.05, 0.1) is 23.3 Å². The zero-order valence-electron chi connectivity index (χ0n) is 15.7. The van der Waals surface area contributed by atoms with E-state index in [2.05, 4.69) is 9.97 Å². The van der Waals surface area contributed by atoms with E-state index in [-0.39, 0.29) is 30.9 Å². The van der Waals surface area contributed by atoms with Crippen molar-refractivity contribution in [1.82, 2.24) is 9.97 Å². The van der Waals surface area contributed by atoms with Crippen molar-refractivity contribution in [3.05, 3.63) is 53.2 Å². The van der Waals surface area contributed by atoms with Crippen LogP contribution in [0.25, 0.3) is 11.0 Å². The van der Waals surface area contributed by atoms with Gasteiger partial charge in [-0.3, -0.25) is 4.79 Å². The lowest BCUT2D eigenvalue weighted by Gasteiger charge is -2.31. The molecule has 3 aromatic rings. The number of benzene rings is 1. The summed E-state index contributed by atoms with van der Waals surface area (Å²) in [7, 11) is -2.80. The molecule has 0 saturated carbocycles. The summed E-state index contributed by atoms with van der Waals surface area (Å²) in [6, 6.07) is 4.64. The summed E-state index contributed by atoms with van der Waals surface area (Å²) in [4.78, 5) is 21.8. The molecule has 2 N–H and O–H groups in total. The maximum Gasteiger partial charge on any atom is 0.238 e. The van der Waals surface area contributed by atoms with E-state index in [1.54, 1.807) is 17.0 Å². The number of pyridine rings is 2. The number of primary sulfonamides is 1. The quantitative estimate of drug-likeness (QED) is 0.669. The molecule has 30 heavy (non-hydrogen) atoms. The van der Waals surface area contributed by atoms with Crippen molar-refractivity contribution in [3.63, 3.8) is 0 Å². The Balaban J connectivity index is 1.82. The number of rotatable bonds is 4. The highest BCUT2D eigenvalue weighted by Crippen LogP contribution is 2.35. The summed E-state index contributed by atoms with van der Waals surface area (Å²) in [5.41, 5.74) is 0.760. The van der Waals surface area contributed by atoms with Gasteiger partial charge in [0.2, 0.25) is 15.9 Å². The number of carbonyl (C=O) groups excluding carboxylic acids is 1. The number of sulfonamides is 1. The number of nitrogens with two attached hydrogens (primary N) is 1. The van der Waals surface area contributed by atoms with Crippen LogP contribution in [0.4, 0.5) is 14.5 Å². The minimum atomic E-state index is -4.26. The molecular weight excluding hydrogens is 418 g/mol. The van der Waals surface area contributed by atoms with Crippen LogP contribution in [0.5, 0.6) is 5.88 Å². The van der Waals surface area contributed by atoms with Crippen LogP contribution in [0, 0.1) is 11.6 Å². The van der Waals surface area contributed by atoms with Crippen LogP contribution in [0.3, 0.4) is 0 Å². The third kappa shape index (κ3) is 3.46. The Hall–Kier alpha value is -3.18. The standard InChI is InChI=1S/C19H16F2N4O4S/c1-29-17-3-2-11-18-12(8-23-19(11)24-17)16(26)4-5-25(18)9-13-14(20)6-10(7-15(13)21)30(22,27)28/h2-3,6-8H,4-5,9H2,1H3,(H2,22,27,28). The first-order chi connectivity index (χ1) is 14.2. The molecule has 8 nitrogen and oxygen atoms in total. The SMILES string of the molecule is COc1ccc2c3c(cnc2n1)C(=O)CCN3Cc1c(F)cc(S(N)(=O)=O)cc1F. The van der Waals surface area contributed by atoms with E-state index >= 15 is 0 Å². The largest absolute Gasteiger partial charge is 0.481 e. The smallest absolute Gasteiger partial charge is 0.238 e. The number of halogens is 2. The molecule has 0 radical (unpaired) electrons. The number of ketones is 1. The molecular formula is C19H16F2N4O4S. The molecule has 0 atom stereocenters. The third-order valence-electron chi connectivity index (χ3n) is 4.90. The first kappa shape index (κ1) is 20.1. The maximum atomic E-state index is 14.6. The normalized spacial score (nSPS) is 14.1. The molecule has 3 heterocycles. The number of ether oxygens (including phenoxy) is 1. The minimum Gasteiger partial charge on any atom is -0.481 e. The van der Waals surface area contributed by atoms with Crippen molar-refractivity contribution < 1.29 is 26.7 Å². The Morgan fingerprint density at radius 3 is 2.57 bits per heavy atom. The molecule has 0 saturated heterocycles. The number of hydrogen-bond donors (Lipinski definition) is 1. The second kappa shape index (κ2) is 7.26. The Morgan fingerprint density at radius 2 is 1.93 bits per heavy atom. The highest BCUT2D eigenvalue weighted by molar-refractivity contribution is 7.89. The molecule has 4 rings (SSSR count). The molecule has 11 heteroatoms. The zero-order chi connectivity index (χ0) is 21.6. The van der Waals surface area contributed by atoms with Crippen molar-refractivity contribution in [2.24, 2.45) is 5.14 Å². The van der Waals surface area contributed by atoms with Gasteiger partial charge in [-0.15, -0.1) is 0 Å². The molecule has 1 aliphatic heterocycles. The van der Waals surface area contributed by atoms with E-state index < -0.39 is 26.6 Å². The van der Waals surface area contributed by atoms with E-state index in [1.165, 1.54) is 13.3 Å². The number of methoxy groups -OCH3 is 1. The number of carbonyl (C=O) groups is 1. The maximum absolute atomic E-state index is 14.6. The highest BCUT2D eigenvalue weighted by atomic mass is 32.2. The number of hydrogen-bond acceptors (Lipinski definition) is 7. The van der Waals surface area contributed by atoms with E-state index in [0.29, 0.717) is 40.3 Å². The first-order valence-corrected chi connectivity index (χ1v) is 10.4. The second-order valence-corrected chi connectivity index (χ2v) is 8.31. The van der Waals surface area contributed by atoms with Crippen molar-refractivity contribution in [1.29, 1.82) is 0 Å². The summed E-state index contributed by atoms with van der Waals surface area (Å²) in [6.45, 7) is -0.0131. The Labute approximate surface area is 170 Å². The van der Waals surface area contributed by atoms with Crippen molar-refractivity contribution >= 4 is 32.5 Å². The van der Waals surface area contributed by atoms with Crippen LogP contribution >= 0.6 is 0 Å². The number of aromatic nitrogens is 2. The molecule has 0 aliphatic carbocycles. The number of anilines is 1. The van der Waals surface area contributed by atoms with Gasteiger partial charge in [-0.1, -0.05) is 0 Å². The molecule has 0 spiro atoms. The zero-order valence-corrected chi connectivity index (χ0v) is 16.5. The average molecular weight is 434 g/mol. The molecule has 0 unspecified atom stereocenters. The Morgan fingerprint density at radius 1 is 1.23 bits per heavy atom. The van der Waals surface area contributed by atoms with Gasteiger partial charge in [-0.2, -0.15) is 4.98 Å². The van der Waals surface area contributed by atoms with Crippen LogP contribution in [-0.2, 0) is 16.6 Å². The van der Waals surface area contributed by atoms with E-state index in [1.807, 2.05) is 0 Å². The molecule has 1 aliphatic rings. The Bertz CT molecular complexity index is 1270. The monoisotopic (exact) mass is 434 g/mol. The lowest BCUT2D eigenvalue weighted by Crippen LogP contribution is -2.33. The van der Waals surface area contributed by atoms with E-state index in [0.717, 1.165) is 0 Å². The molecule has 0 fully saturated rings. The van der Waals surface area contributed by atoms with E-state index in [4.69, 9.17) is 9.88 Å². The molecule has 0 bridgehead atoms. The van der Waals surface area contributed by atoms with Gasteiger partial charge >= 0.3 is 0 Å². The lowest BCUT2D eigenvalue weighted by molar-refractivity contribution is 0.0979. The number of nitrogens with zero attached hydrogens (tertiary/aromatic N) is 3. The molecule has 2 aromatic heterocycles. The van der Waals surface area contributed by atoms with Gasteiger partial charge in [-0.25, -0.2) is 27.3 Å².